The van der Waals surface area contributed by atoms with E-state index in [4.69, 9.17) is 0 Å². The van der Waals surface area contributed by atoms with Gasteiger partial charge >= 0.3 is 0 Å². The third kappa shape index (κ3) is 4.42. The van der Waals surface area contributed by atoms with Crippen LogP contribution in [0.3, 0.4) is 0 Å². The fourth-order valence-corrected chi connectivity index (χ4v) is 2.06. The number of hydrogen-bond acceptors (Lipinski definition) is 3. The second-order valence-corrected chi connectivity index (χ2v) is 4.41. The average molecular weight is 237 g/mol. The number of hydrogen-bond donors (Lipinski definition) is 3. The van der Waals surface area contributed by atoms with E-state index in [1.807, 2.05) is 6.07 Å². The van der Waals surface area contributed by atoms with Crippen LogP contribution in [0.25, 0.3) is 0 Å². The fraction of sp³-hybridized carbons (Fsp3) is 0.538. The highest BCUT2D eigenvalue weighted by Gasteiger charge is 2.09. The molecule has 1 saturated heterocycles. The Balaban J connectivity index is 1.79. The number of benzene rings is 1. The first kappa shape index (κ1) is 12.5. The zero-order valence-corrected chi connectivity index (χ0v) is 10.0. The van der Waals surface area contributed by atoms with E-state index in [1.165, 1.54) is 6.07 Å². The van der Waals surface area contributed by atoms with Gasteiger partial charge in [-0.15, -0.1) is 0 Å². The lowest BCUT2D eigenvalue weighted by Crippen LogP contribution is -2.46. The van der Waals surface area contributed by atoms with Gasteiger partial charge < -0.3 is 10.6 Å². The van der Waals surface area contributed by atoms with Crippen LogP contribution in [-0.2, 0) is 6.54 Å². The highest BCUT2D eigenvalue weighted by atomic mass is 19.1. The molecule has 4 heteroatoms. The van der Waals surface area contributed by atoms with Crippen molar-refractivity contribution in [2.24, 2.45) is 0 Å². The minimum atomic E-state index is -0.167. The van der Waals surface area contributed by atoms with Crippen molar-refractivity contribution >= 4 is 0 Å². The second-order valence-electron chi connectivity index (χ2n) is 4.41. The summed E-state index contributed by atoms with van der Waals surface area (Å²) in [6.45, 7) is 3.78. The maximum Gasteiger partial charge on any atom is 0.123 e. The van der Waals surface area contributed by atoms with E-state index in [9.17, 15) is 4.39 Å². The SMILES string of the molecule is Fc1cccc(CNC2CCCNCCN2)c1. The zero-order valence-electron chi connectivity index (χ0n) is 10.0. The monoisotopic (exact) mass is 237 g/mol. The highest BCUT2D eigenvalue weighted by Crippen LogP contribution is 2.04. The van der Waals surface area contributed by atoms with Crippen LogP contribution in [0.5, 0.6) is 0 Å². The van der Waals surface area contributed by atoms with Gasteiger partial charge in [0.15, 0.2) is 0 Å². The Morgan fingerprint density at radius 1 is 1.29 bits per heavy atom. The van der Waals surface area contributed by atoms with Gasteiger partial charge in [0.05, 0.1) is 6.17 Å². The molecule has 94 valence electrons. The predicted octanol–water partition coefficient (Wildman–Crippen LogP) is 1.21. The van der Waals surface area contributed by atoms with E-state index in [2.05, 4.69) is 16.0 Å². The Bertz CT molecular complexity index is 335. The molecular formula is C13H20FN3. The molecule has 17 heavy (non-hydrogen) atoms. The lowest BCUT2D eigenvalue weighted by atomic mass is 10.2. The van der Waals surface area contributed by atoms with Crippen LogP contribution < -0.4 is 16.0 Å². The Morgan fingerprint density at radius 2 is 2.24 bits per heavy atom. The number of halogens is 1. The molecule has 0 saturated carbocycles. The molecule has 0 amide bonds. The molecule has 1 unspecified atom stereocenters. The van der Waals surface area contributed by atoms with Crippen molar-refractivity contribution < 1.29 is 4.39 Å². The van der Waals surface area contributed by atoms with Crippen molar-refractivity contribution in [2.75, 3.05) is 19.6 Å². The maximum atomic E-state index is 13.0. The van der Waals surface area contributed by atoms with Crippen molar-refractivity contribution in [3.63, 3.8) is 0 Å². The smallest absolute Gasteiger partial charge is 0.123 e. The summed E-state index contributed by atoms with van der Waals surface area (Å²) < 4.78 is 13.0. The minimum absolute atomic E-state index is 0.167. The molecule has 1 aliphatic heterocycles. The molecule has 0 bridgehead atoms. The van der Waals surface area contributed by atoms with Crippen LogP contribution in [0, 0.1) is 5.82 Å². The van der Waals surface area contributed by atoms with Crippen molar-refractivity contribution in [2.45, 2.75) is 25.6 Å². The molecule has 1 aromatic carbocycles. The lowest BCUT2D eigenvalue weighted by Gasteiger charge is -2.23. The van der Waals surface area contributed by atoms with Gasteiger partial charge in [-0.3, -0.25) is 5.32 Å². The minimum Gasteiger partial charge on any atom is -0.315 e. The van der Waals surface area contributed by atoms with E-state index >= 15 is 0 Å². The molecule has 0 radical (unpaired) electrons. The van der Waals surface area contributed by atoms with E-state index in [1.54, 1.807) is 12.1 Å². The van der Waals surface area contributed by atoms with Gasteiger partial charge in [0.1, 0.15) is 5.82 Å². The number of nitrogens with one attached hydrogen (secondary N) is 3. The summed E-state index contributed by atoms with van der Waals surface area (Å²) in [5.41, 5.74) is 0.993. The van der Waals surface area contributed by atoms with Crippen LogP contribution in [0.1, 0.15) is 18.4 Å². The first-order valence-corrected chi connectivity index (χ1v) is 6.26. The molecule has 1 aromatic rings. The average Bonchev–Trinajstić information content (AvgIpc) is 2.27. The summed E-state index contributed by atoms with van der Waals surface area (Å²) >= 11 is 0. The Labute approximate surface area is 102 Å². The molecule has 1 atom stereocenters. The van der Waals surface area contributed by atoms with Gasteiger partial charge in [-0.1, -0.05) is 12.1 Å². The summed E-state index contributed by atoms with van der Waals surface area (Å²) in [6.07, 6.45) is 2.59. The summed E-state index contributed by atoms with van der Waals surface area (Å²) in [4.78, 5) is 0. The summed E-state index contributed by atoms with van der Waals surface area (Å²) in [5.74, 6) is -0.167. The first-order valence-electron chi connectivity index (χ1n) is 6.26. The van der Waals surface area contributed by atoms with Gasteiger partial charge in [0.2, 0.25) is 0 Å². The van der Waals surface area contributed by atoms with E-state index in [0.717, 1.165) is 38.0 Å². The van der Waals surface area contributed by atoms with Gasteiger partial charge in [0.25, 0.3) is 0 Å². The van der Waals surface area contributed by atoms with Crippen molar-refractivity contribution in [1.29, 1.82) is 0 Å². The van der Waals surface area contributed by atoms with Crippen LogP contribution >= 0.6 is 0 Å². The lowest BCUT2D eigenvalue weighted by molar-refractivity contribution is 0.366. The summed E-state index contributed by atoms with van der Waals surface area (Å²) in [7, 11) is 0. The standard InChI is InChI=1S/C13H20FN3/c14-12-4-1-3-11(9-12)10-17-13-5-2-6-15-7-8-16-13/h1,3-4,9,13,15-17H,2,5-8,10H2. The Morgan fingerprint density at radius 3 is 3.12 bits per heavy atom. The Kier molecular flexibility index (Phi) is 4.91. The topological polar surface area (TPSA) is 36.1 Å². The second kappa shape index (κ2) is 6.69. The van der Waals surface area contributed by atoms with Crippen LogP contribution in [-0.4, -0.2) is 25.8 Å². The third-order valence-electron chi connectivity index (χ3n) is 2.98. The van der Waals surface area contributed by atoms with Gasteiger partial charge in [-0.25, -0.2) is 4.39 Å². The van der Waals surface area contributed by atoms with E-state index < -0.39 is 0 Å². The largest absolute Gasteiger partial charge is 0.315 e. The highest BCUT2D eigenvalue weighted by molar-refractivity contribution is 5.16. The van der Waals surface area contributed by atoms with Gasteiger partial charge in [-0.2, -0.15) is 0 Å². The van der Waals surface area contributed by atoms with Crippen LogP contribution in [0.15, 0.2) is 24.3 Å². The molecule has 1 heterocycles. The van der Waals surface area contributed by atoms with E-state index in [0.29, 0.717) is 12.7 Å². The molecule has 0 spiro atoms. The molecular weight excluding hydrogens is 217 g/mol. The molecule has 0 aromatic heterocycles. The number of rotatable bonds is 3. The van der Waals surface area contributed by atoms with Gasteiger partial charge in [-0.05, 0) is 37.1 Å². The fourth-order valence-electron chi connectivity index (χ4n) is 2.06. The van der Waals surface area contributed by atoms with Crippen molar-refractivity contribution in [3.05, 3.63) is 35.6 Å². The predicted molar refractivity (Wildman–Crippen MR) is 67.1 cm³/mol. The zero-order chi connectivity index (χ0) is 11.9. The Hall–Kier alpha value is -0.970. The van der Waals surface area contributed by atoms with E-state index in [-0.39, 0.29) is 5.82 Å². The van der Waals surface area contributed by atoms with Gasteiger partial charge in [0, 0.05) is 19.6 Å². The summed E-state index contributed by atoms with van der Waals surface area (Å²) in [6, 6.07) is 6.75. The molecule has 3 N–H and O–H groups in total. The van der Waals surface area contributed by atoms with Crippen molar-refractivity contribution in [1.82, 2.24) is 16.0 Å². The molecule has 1 fully saturated rings. The van der Waals surface area contributed by atoms with Crippen LogP contribution in [0.4, 0.5) is 4.39 Å². The molecule has 2 rings (SSSR count). The normalized spacial score (nSPS) is 21.8. The molecule has 0 aliphatic carbocycles. The molecule has 1 aliphatic rings. The van der Waals surface area contributed by atoms with Crippen molar-refractivity contribution in [3.8, 4) is 0 Å². The summed E-state index contributed by atoms with van der Waals surface area (Å²) in [5, 5.41) is 10.2. The third-order valence-corrected chi connectivity index (χ3v) is 2.98. The molecule has 3 nitrogen and oxygen atoms in total. The first-order chi connectivity index (χ1) is 8.34. The maximum absolute atomic E-state index is 13.0. The van der Waals surface area contributed by atoms with Crippen LogP contribution in [0.2, 0.25) is 0 Å². The quantitative estimate of drug-likeness (QED) is 0.739.